The average molecular weight is 254 g/mol. The third-order valence-electron chi connectivity index (χ3n) is 4.38. The van der Waals surface area contributed by atoms with Crippen LogP contribution in [0.25, 0.3) is 0 Å². The van der Waals surface area contributed by atoms with Gasteiger partial charge in [-0.15, -0.1) is 0 Å². The van der Waals surface area contributed by atoms with E-state index in [0.717, 1.165) is 32.1 Å². The van der Waals surface area contributed by atoms with Crippen LogP contribution >= 0.6 is 0 Å². The molecule has 4 nitrogen and oxygen atoms in total. The van der Waals surface area contributed by atoms with Crippen molar-refractivity contribution in [2.24, 2.45) is 22.8 Å². The maximum absolute atomic E-state index is 11.7. The Morgan fingerprint density at radius 3 is 2.17 bits per heavy atom. The maximum Gasteiger partial charge on any atom is 0.223 e. The van der Waals surface area contributed by atoms with Gasteiger partial charge in [0, 0.05) is 11.3 Å². The lowest BCUT2D eigenvalue weighted by Gasteiger charge is -2.37. The first-order valence-electron chi connectivity index (χ1n) is 7.11. The van der Waals surface area contributed by atoms with E-state index in [9.17, 15) is 9.59 Å². The fraction of sp³-hybridized carbons (Fsp3) is 0.857. The van der Waals surface area contributed by atoms with Gasteiger partial charge >= 0.3 is 0 Å². The van der Waals surface area contributed by atoms with Gasteiger partial charge in [0.2, 0.25) is 11.8 Å². The van der Waals surface area contributed by atoms with Gasteiger partial charge < -0.3 is 11.5 Å². The van der Waals surface area contributed by atoms with E-state index in [-0.39, 0.29) is 23.1 Å². The summed E-state index contributed by atoms with van der Waals surface area (Å²) < 4.78 is 0. The van der Waals surface area contributed by atoms with Gasteiger partial charge in [0.1, 0.15) is 0 Å². The molecule has 1 saturated carbocycles. The fourth-order valence-corrected chi connectivity index (χ4v) is 2.96. The highest BCUT2D eigenvalue weighted by atomic mass is 16.1. The number of rotatable bonds is 7. The summed E-state index contributed by atoms with van der Waals surface area (Å²) in [5, 5.41) is 0. The Labute approximate surface area is 109 Å². The molecule has 0 saturated heterocycles. The average Bonchev–Trinajstić information content (AvgIpc) is 2.35. The Bertz CT molecular complexity index is 294. The van der Waals surface area contributed by atoms with E-state index in [4.69, 9.17) is 11.5 Å². The Kier molecular flexibility index (Phi) is 5.63. The van der Waals surface area contributed by atoms with Crippen molar-refractivity contribution < 1.29 is 9.59 Å². The number of nitrogens with two attached hydrogens (primary N) is 2. The van der Waals surface area contributed by atoms with Crippen molar-refractivity contribution in [2.75, 3.05) is 0 Å². The molecule has 104 valence electrons. The van der Waals surface area contributed by atoms with Gasteiger partial charge in [-0.25, -0.2) is 0 Å². The molecular weight excluding hydrogens is 228 g/mol. The third kappa shape index (κ3) is 3.72. The first-order valence-corrected chi connectivity index (χ1v) is 7.11. The van der Waals surface area contributed by atoms with Gasteiger partial charge in [-0.05, 0) is 32.1 Å². The summed E-state index contributed by atoms with van der Waals surface area (Å²) in [6.07, 6.45) is 8.35. The van der Waals surface area contributed by atoms with E-state index >= 15 is 0 Å². The SMILES string of the molecule is CCCCCCC1(C(N)=O)CCC(C(N)=O)CC1. The highest BCUT2D eigenvalue weighted by Gasteiger charge is 2.40. The maximum atomic E-state index is 11.7. The second kappa shape index (κ2) is 6.76. The zero-order chi connectivity index (χ0) is 13.6. The number of hydrogen-bond acceptors (Lipinski definition) is 2. The molecule has 4 N–H and O–H groups in total. The summed E-state index contributed by atoms with van der Waals surface area (Å²) in [7, 11) is 0. The van der Waals surface area contributed by atoms with Gasteiger partial charge in [-0.1, -0.05) is 32.6 Å². The molecule has 0 aromatic heterocycles. The number of hydrogen-bond donors (Lipinski definition) is 2. The predicted octanol–water partition coefficient (Wildman–Crippen LogP) is 2.10. The Morgan fingerprint density at radius 1 is 1.11 bits per heavy atom. The molecule has 4 heteroatoms. The quantitative estimate of drug-likeness (QED) is 0.682. The van der Waals surface area contributed by atoms with Crippen LogP contribution in [-0.4, -0.2) is 11.8 Å². The Hall–Kier alpha value is -1.06. The van der Waals surface area contributed by atoms with Crippen LogP contribution in [0.15, 0.2) is 0 Å². The lowest BCUT2D eigenvalue weighted by molar-refractivity contribution is -0.133. The zero-order valence-electron chi connectivity index (χ0n) is 11.4. The molecule has 0 aromatic rings. The fourth-order valence-electron chi connectivity index (χ4n) is 2.96. The molecule has 0 unspecified atom stereocenters. The van der Waals surface area contributed by atoms with Crippen molar-refractivity contribution in [3.8, 4) is 0 Å². The van der Waals surface area contributed by atoms with Crippen LogP contribution in [0, 0.1) is 11.3 Å². The minimum atomic E-state index is -0.375. The molecule has 0 aromatic carbocycles. The number of unbranched alkanes of at least 4 members (excludes halogenated alkanes) is 3. The number of primary amides is 2. The molecule has 0 heterocycles. The largest absolute Gasteiger partial charge is 0.369 e. The molecule has 2 amide bonds. The minimum absolute atomic E-state index is 0.0619. The Balaban J connectivity index is 2.51. The monoisotopic (exact) mass is 254 g/mol. The van der Waals surface area contributed by atoms with Crippen LogP contribution < -0.4 is 11.5 Å². The molecule has 1 fully saturated rings. The lowest BCUT2D eigenvalue weighted by Crippen LogP contribution is -2.42. The second-order valence-electron chi connectivity index (χ2n) is 5.63. The molecule has 18 heavy (non-hydrogen) atoms. The van der Waals surface area contributed by atoms with Crippen molar-refractivity contribution in [2.45, 2.75) is 64.7 Å². The lowest BCUT2D eigenvalue weighted by atomic mass is 9.67. The molecule has 0 spiro atoms. The van der Waals surface area contributed by atoms with E-state index in [2.05, 4.69) is 6.92 Å². The van der Waals surface area contributed by atoms with Gasteiger partial charge in [0.15, 0.2) is 0 Å². The van der Waals surface area contributed by atoms with Crippen LogP contribution in [-0.2, 0) is 9.59 Å². The van der Waals surface area contributed by atoms with E-state index in [1.807, 2.05) is 0 Å². The van der Waals surface area contributed by atoms with Gasteiger partial charge in [0.25, 0.3) is 0 Å². The summed E-state index contributed by atoms with van der Waals surface area (Å²) in [6, 6.07) is 0. The first-order chi connectivity index (χ1) is 8.52. The number of carbonyl (C=O) groups excluding carboxylic acids is 2. The van der Waals surface area contributed by atoms with E-state index < -0.39 is 0 Å². The van der Waals surface area contributed by atoms with Gasteiger partial charge in [0.05, 0.1) is 0 Å². The molecule has 1 aliphatic rings. The highest BCUT2D eigenvalue weighted by Crippen LogP contribution is 2.42. The number of carbonyl (C=O) groups is 2. The summed E-state index contributed by atoms with van der Waals surface area (Å²) in [5.41, 5.74) is 10.5. The topological polar surface area (TPSA) is 86.2 Å². The zero-order valence-corrected chi connectivity index (χ0v) is 11.4. The van der Waals surface area contributed by atoms with Gasteiger partial charge in [-0.2, -0.15) is 0 Å². The van der Waals surface area contributed by atoms with Crippen molar-refractivity contribution >= 4 is 11.8 Å². The van der Waals surface area contributed by atoms with Gasteiger partial charge in [-0.3, -0.25) is 9.59 Å². The normalized spacial score (nSPS) is 27.9. The number of amides is 2. The van der Waals surface area contributed by atoms with E-state index in [1.54, 1.807) is 0 Å². The van der Waals surface area contributed by atoms with Crippen LogP contribution in [0.4, 0.5) is 0 Å². The van der Waals surface area contributed by atoms with Crippen LogP contribution in [0.1, 0.15) is 64.7 Å². The molecular formula is C14H26N2O2. The molecule has 1 rings (SSSR count). The molecule has 0 bridgehead atoms. The van der Waals surface area contributed by atoms with E-state index in [1.165, 1.54) is 12.8 Å². The molecule has 0 atom stereocenters. The van der Waals surface area contributed by atoms with Crippen LogP contribution in [0.3, 0.4) is 0 Å². The summed E-state index contributed by atoms with van der Waals surface area (Å²) >= 11 is 0. The van der Waals surface area contributed by atoms with Crippen LogP contribution in [0.5, 0.6) is 0 Å². The highest BCUT2D eigenvalue weighted by molar-refractivity contribution is 5.82. The molecule has 1 aliphatic carbocycles. The Morgan fingerprint density at radius 2 is 1.72 bits per heavy atom. The first kappa shape index (κ1) is 15.0. The smallest absolute Gasteiger partial charge is 0.223 e. The third-order valence-corrected chi connectivity index (χ3v) is 4.38. The summed E-state index contributed by atoms with van der Waals surface area (Å²) in [4.78, 5) is 22.9. The predicted molar refractivity (Wildman–Crippen MR) is 71.5 cm³/mol. The minimum Gasteiger partial charge on any atom is -0.369 e. The molecule has 0 radical (unpaired) electrons. The summed E-state index contributed by atoms with van der Waals surface area (Å²) in [6.45, 7) is 2.17. The standard InChI is InChI=1S/C14H26N2O2/c1-2-3-4-5-8-14(13(16)18)9-6-11(7-10-14)12(15)17/h11H,2-10H2,1H3,(H2,15,17)(H2,16,18). The second-order valence-corrected chi connectivity index (χ2v) is 5.63. The van der Waals surface area contributed by atoms with E-state index in [0.29, 0.717) is 12.8 Å². The van der Waals surface area contributed by atoms with Crippen molar-refractivity contribution in [1.82, 2.24) is 0 Å². The van der Waals surface area contributed by atoms with Crippen molar-refractivity contribution in [3.63, 3.8) is 0 Å². The van der Waals surface area contributed by atoms with Crippen molar-refractivity contribution in [1.29, 1.82) is 0 Å². The van der Waals surface area contributed by atoms with Crippen LogP contribution in [0.2, 0.25) is 0 Å². The summed E-state index contributed by atoms with van der Waals surface area (Å²) in [5.74, 6) is -0.492. The molecule has 0 aliphatic heterocycles. The van der Waals surface area contributed by atoms with Crippen molar-refractivity contribution in [3.05, 3.63) is 0 Å².